The lowest BCUT2D eigenvalue weighted by atomic mass is 10.1. The zero-order valence-electron chi connectivity index (χ0n) is 10.4. The predicted octanol–water partition coefficient (Wildman–Crippen LogP) is 3.45. The molecule has 0 saturated carbocycles. The second-order valence-electron chi connectivity index (χ2n) is 4.16. The third kappa shape index (κ3) is 5.73. The van der Waals surface area contributed by atoms with Crippen molar-refractivity contribution in [2.75, 3.05) is 5.73 Å². The van der Waals surface area contributed by atoms with Crippen molar-refractivity contribution in [1.82, 2.24) is 9.97 Å². The molecule has 2 N–H and O–H groups in total. The van der Waals surface area contributed by atoms with Crippen LogP contribution >= 0.6 is 11.6 Å². The minimum Gasteiger partial charge on any atom is -0.474 e. The monoisotopic (exact) mass is 257 g/mol. The van der Waals surface area contributed by atoms with Crippen LogP contribution in [0.1, 0.15) is 46.0 Å². The van der Waals surface area contributed by atoms with Crippen molar-refractivity contribution in [2.45, 2.75) is 52.1 Å². The summed E-state index contributed by atoms with van der Waals surface area (Å²) in [7, 11) is 0. The van der Waals surface area contributed by atoms with Crippen LogP contribution in [0.25, 0.3) is 0 Å². The molecule has 1 atom stereocenters. The normalized spacial score (nSPS) is 12.4. The summed E-state index contributed by atoms with van der Waals surface area (Å²) in [5, 5.41) is 0.311. The SMILES string of the molecule is CCCCCCC(C)Oc1cc(Cl)nc(N)n1. The van der Waals surface area contributed by atoms with E-state index in [9.17, 15) is 0 Å². The van der Waals surface area contributed by atoms with Crippen molar-refractivity contribution < 1.29 is 4.74 Å². The number of nitrogens with two attached hydrogens (primary N) is 1. The van der Waals surface area contributed by atoms with E-state index in [1.165, 1.54) is 25.7 Å². The molecule has 1 aromatic rings. The fraction of sp³-hybridized carbons (Fsp3) is 0.667. The number of hydrogen-bond acceptors (Lipinski definition) is 4. The fourth-order valence-corrected chi connectivity index (χ4v) is 1.78. The molecule has 0 radical (unpaired) electrons. The Bertz CT molecular complexity index is 326. The molecule has 0 fully saturated rings. The Hall–Kier alpha value is -1.03. The molecule has 0 aliphatic carbocycles. The van der Waals surface area contributed by atoms with Crippen molar-refractivity contribution in [3.63, 3.8) is 0 Å². The van der Waals surface area contributed by atoms with Gasteiger partial charge in [-0.15, -0.1) is 0 Å². The van der Waals surface area contributed by atoms with Gasteiger partial charge in [-0.3, -0.25) is 0 Å². The van der Waals surface area contributed by atoms with Gasteiger partial charge < -0.3 is 10.5 Å². The van der Waals surface area contributed by atoms with Gasteiger partial charge >= 0.3 is 0 Å². The average molecular weight is 258 g/mol. The van der Waals surface area contributed by atoms with Crippen molar-refractivity contribution in [3.05, 3.63) is 11.2 Å². The molecule has 0 amide bonds. The molecule has 0 aliphatic rings. The van der Waals surface area contributed by atoms with Gasteiger partial charge in [0.25, 0.3) is 0 Å². The van der Waals surface area contributed by atoms with Crippen LogP contribution in [0.5, 0.6) is 5.88 Å². The topological polar surface area (TPSA) is 61.0 Å². The first-order valence-electron chi connectivity index (χ1n) is 6.08. The van der Waals surface area contributed by atoms with E-state index in [2.05, 4.69) is 16.9 Å². The molecule has 0 aliphatic heterocycles. The lowest BCUT2D eigenvalue weighted by molar-refractivity contribution is 0.198. The zero-order chi connectivity index (χ0) is 12.7. The van der Waals surface area contributed by atoms with Gasteiger partial charge in [0.15, 0.2) is 0 Å². The number of nitrogen functional groups attached to an aromatic ring is 1. The Balaban J connectivity index is 2.36. The van der Waals surface area contributed by atoms with Gasteiger partial charge in [-0.25, -0.2) is 4.98 Å². The van der Waals surface area contributed by atoms with E-state index in [0.717, 1.165) is 6.42 Å². The van der Waals surface area contributed by atoms with E-state index in [-0.39, 0.29) is 12.1 Å². The maximum atomic E-state index is 5.77. The van der Waals surface area contributed by atoms with Crippen LogP contribution in [-0.4, -0.2) is 16.1 Å². The largest absolute Gasteiger partial charge is 0.474 e. The Morgan fingerprint density at radius 3 is 2.76 bits per heavy atom. The van der Waals surface area contributed by atoms with E-state index < -0.39 is 0 Å². The zero-order valence-corrected chi connectivity index (χ0v) is 11.2. The third-order valence-corrected chi connectivity index (χ3v) is 2.67. The number of unbranched alkanes of at least 4 members (excludes halogenated alkanes) is 3. The Morgan fingerprint density at radius 1 is 1.35 bits per heavy atom. The molecule has 0 spiro atoms. The van der Waals surface area contributed by atoms with Crippen LogP contribution in [0.15, 0.2) is 6.07 Å². The first-order chi connectivity index (χ1) is 8.11. The van der Waals surface area contributed by atoms with Crippen molar-refractivity contribution in [3.8, 4) is 5.88 Å². The Morgan fingerprint density at radius 2 is 2.12 bits per heavy atom. The Labute approximate surface area is 108 Å². The van der Waals surface area contributed by atoms with E-state index >= 15 is 0 Å². The highest BCUT2D eigenvalue weighted by atomic mass is 35.5. The highest BCUT2D eigenvalue weighted by Gasteiger charge is 2.07. The first kappa shape index (κ1) is 14.0. The average Bonchev–Trinajstić information content (AvgIpc) is 2.23. The lowest BCUT2D eigenvalue weighted by Crippen LogP contribution is -2.13. The maximum absolute atomic E-state index is 5.77. The van der Waals surface area contributed by atoms with Crippen molar-refractivity contribution in [1.29, 1.82) is 0 Å². The summed E-state index contributed by atoms with van der Waals surface area (Å²) < 4.78 is 5.64. The number of ether oxygens (including phenoxy) is 1. The van der Waals surface area contributed by atoms with Gasteiger partial charge in [-0.2, -0.15) is 4.98 Å². The van der Waals surface area contributed by atoms with E-state index in [1.54, 1.807) is 6.07 Å². The van der Waals surface area contributed by atoms with Gasteiger partial charge in [-0.1, -0.05) is 37.8 Å². The summed E-state index contributed by atoms with van der Waals surface area (Å²) in [6, 6.07) is 1.58. The molecule has 1 heterocycles. The van der Waals surface area contributed by atoms with Gasteiger partial charge in [-0.05, 0) is 19.8 Å². The van der Waals surface area contributed by atoms with E-state index in [1.807, 2.05) is 6.92 Å². The molecule has 4 nitrogen and oxygen atoms in total. The summed E-state index contributed by atoms with van der Waals surface area (Å²) >= 11 is 5.77. The van der Waals surface area contributed by atoms with Crippen LogP contribution in [0.2, 0.25) is 5.15 Å². The maximum Gasteiger partial charge on any atom is 0.224 e. The molecule has 0 aromatic carbocycles. The van der Waals surface area contributed by atoms with Gasteiger partial charge in [0.2, 0.25) is 11.8 Å². The minimum absolute atomic E-state index is 0.122. The lowest BCUT2D eigenvalue weighted by Gasteiger charge is -2.13. The fourth-order valence-electron chi connectivity index (χ4n) is 1.60. The number of aromatic nitrogens is 2. The summed E-state index contributed by atoms with van der Waals surface area (Å²) in [5.41, 5.74) is 5.49. The highest BCUT2D eigenvalue weighted by molar-refractivity contribution is 6.29. The molecule has 0 bridgehead atoms. The molecule has 5 heteroatoms. The number of rotatable bonds is 7. The van der Waals surface area contributed by atoms with E-state index in [4.69, 9.17) is 22.1 Å². The van der Waals surface area contributed by atoms with Crippen LogP contribution < -0.4 is 10.5 Å². The number of anilines is 1. The second kappa shape index (κ2) is 7.33. The van der Waals surface area contributed by atoms with Crippen LogP contribution in [0.3, 0.4) is 0 Å². The van der Waals surface area contributed by atoms with Crippen LogP contribution in [-0.2, 0) is 0 Å². The quantitative estimate of drug-likeness (QED) is 0.600. The van der Waals surface area contributed by atoms with Crippen LogP contribution in [0, 0.1) is 0 Å². The van der Waals surface area contributed by atoms with E-state index in [0.29, 0.717) is 11.0 Å². The standard InChI is InChI=1S/C12H20ClN3O/c1-3-4-5-6-7-9(2)17-11-8-10(13)15-12(14)16-11/h8-9H,3-7H2,1-2H3,(H2,14,15,16). The molecular weight excluding hydrogens is 238 g/mol. The predicted molar refractivity (Wildman–Crippen MR) is 70.3 cm³/mol. The Kier molecular flexibility index (Phi) is 6.05. The first-order valence-corrected chi connectivity index (χ1v) is 6.46. The smallest absolute Gasteiger partial charge is 0.224 e. The molecule has 96 valence electrons. The van der Waals surface area contributed by atoms with Crippen molar-refractivity contribution >= 4 is 17.5 Å². The molecule has 1 aromatic heterocycles. The highest BCUT2D eigenvalue weighted by Crippen LogP contribution is 2.17. The van der Waals surface area contributed by atoms with Gasteiger partial charge in [0.1, 0.15) is 5.15 Å². The summed E-state index contributed by atoms with van der Waals surface area (Å²) in [4.78, 5) is 7.76. The second-order valence-corrected chi connectivity index (χ2v) is 4.55. The van der Waals surface area contributed by atoms with Crippen molar-refractivity contribution in [2.24, 2.45) is 0 Å². The van der Waals surface area contributed by atoms with Gasteiger partial charge in [0, 0.05) is 6.07 Å². The number of nitrogens with zero attached hydrogens (tertiary/aromatic N) is 2. The minimum atomic E-state index is 0.122. The third-order valence-electron chi connectivity index (χ3n) is 2.47. The summed E-state index contributed by atoms with van der Waals surface area (Å²) in [5.74, 6) is 0.594. The molecular formula is C12H20ClN3O. The molecule has 1 rings (SSSR count). The molecule has 17 heavy (non-hydrogen) atoms. The van der Waals surface area contributed by atoms with Crippen LogP contribution in [0.4, 0.5) is 5.95 Å². The molecule has 1 unspecified atom stereocenters. The number of halogens is 1. The summed E-state index contributed by atoms with van der Waals surface area (Å²) in [6.45, 7) is 4.23. The summed E-state index contributed by atoms with van der Waals surface area (Å²) in [6.07, 6.45) is 6.07. The molecule has 0 saturated heterocycles. The number of hydrogen-bond donors (Lipinski definition) is 1. The van der Waals surface area contributed by atoms with Gasteiger partial charge in [0.05, 0.1) is 6.10 Å².